The molecule has 0 amide bonds. The molecule has 26 heavy (non-hydrogen) atoms. The Morgan fingerprint density at radius 2 is 1.96 bits per heavy atom. The molecule has 0 aliphatic rings. The lowest BCUT2D eigenvalue weighted by molar-refractivity contribution is 0.0526. The van der Waals surface area contributed by atoms with Crippen LogP contribution in [0.25, 0.3) is 11.4 Å². The van der Waals surface area contributed by atoms with Gasteiger partial charge in [-0.1, -0.05) is 12.2 Å². The van der Waals surface area contributed by atoms with Gasteiger partial charge in [0.25, 0.3) is 0 Å². The van der Waals surface area contributed by atoms with Crippen molar-refractivity contribution in [3.05, 3.63) is 42.1 Å². The number of ether oxygens (including phenoxy) is 3. The normalized spacial score (nSPS) is 10.2. The number of carbonyl (C=O) groups is 1. The molecule has 2 aromatic rings. The lowest BCUT2D eigenvalue weighted by atomic mass is 10.1. The lowest BCUT2D eigenvalue weighted by Gasteiger charge is -2.13. The predicted molar refractivity (Wildman–Crippen MR) is 99.8 cm³/mol. The highest BCUT2D eigenvalue weighted by molar-refractivity contribution is 5.94. The van der Waals surface area contributed by atoms with E-state index in [1.54, 1.807) is 33.3 Å². The molecule has 0 unspecified atom stereocenters. The molecule has 0 fully saturated rings. The molecule has 2 rings (SSSR count). The topological polar surface area (TPSA) is 82.6 Å². The maximum absolute atomic E-state index is 12.1. The van der Waals surface area contributed by atoms with Crippen molar-refractivity contribution in [2.24, 2.45) is 0 Å². The monoisotopic (exact) mass is 357 g/mol. The molecule has 0 aliphatic carbocycles. The zero-order chi connectivity index (χ0) is 19.1. The van der Waals surface area contributed by atoms with E-state index in [9.17, 15) is 4.79 Å². The van der Waals surface area contributed by atoms with E-state index in [1.807, 2.05) is 13.0 Å². The van der Waals surface area contributed by atoms with Crippen molar-refractivity contribution in [3.8, 4) is 22.9 Å². The van der Waals surface area contributed by atoms with E-state index in [0.29, 0.717) is 29.7 Å². The van der Waals surface area contributed by atoms with Gasteiger partial charge in [-0.05, 0) is 32.0 Å². The second kappa shape index (κ2) is 8.84. The molecule has 0 aliphatic heterocycles. The summed E-state index contributed by atoms with van der Waals surface area (Å²) < 4.78 is 15.6. The number of rotatable bonds is 8. The Bertz CT molecular complexity index is 805. The molecule has 7 heteroatoms. The zero-order valence-electron chi connectivity index (χ0n) is 15.5. The van der Waals surface area contributed by atoms with Crippen LogP contribution in [-0.2, 0) is 4.74 Å². The van der Waals surface area contributed by atoms with E-state index in [2.05, 4.69) is 21.9 Å². The second-order valence-corrected chi connectivity index (χ2v) is 5.56. The fraction of sp³-hybridized carbons (Fsp3) is 0.316. The van der Waals surface area contributed by atoms with Crippen LogP contribution in [0, 0.1) is 0 Å². The fourth-order valence-electron chi connectivity index (χ4n) is 2.22. The van der Waals surface area contributed by atoms with E-state index >= 15 is 0 Å². The Morgan fingerprint density at radius 1 is 1.23 bits per heavy atom. The van der Waals surface area contributed by atoms with E-state index < -0.39 is 5.97 Å². The molecular weight excluding hydrogens is 334 g/mol. The number of esters is 1. The Morgan fingerprint density at radius 3 is 2.58 bits per heavy atom. The van der Waals surface area contributed by atoms with Crippen molar-refractivity contribution < 1.29 is 19.0 Å². The molecule has 138 valence electrons. The zero-order valence-corrected chi connectivity index (χ0v) is 15.5. The van der Waals surface area contributed by atoms with Gasteiger partial charge in [-0.25, -0.2) is 14.8 Å². The molecule has 7 nitrogen and oxygen atoms in total. The van der Waals surface area contributed by atoms with E-state index in [0.717, 1.165) is 11.1 Å². The van der Waals surface area contributed by atoms with Crippen molar-refractivity contribution in [1.82, 2.24) is 9.97 Å². The molecule has 1 N–H and O–H groups in total. The molecule has 0 atom stereocenters. The van der Waals surface area contributed by atoms with Gasteiger partial charge in [0, 0.05) is 18.3 Å². The summed E-state index contributed by atoms with van der Waals surface area (Å²) in [7, 11) is 3.13. The van der Waals surface area contributed by atoms with Crippen molar-refractivity contribution in [2.45, 2.75) is 13.8 Å². The van der Waals surface area contributed by atoms with Crippen LogP contribution in [0.2, 0.25) is 0 Å². The molecule has 0 radical (unpaired) electrons. The largest absolute Gasteiger partial charge is 0.493 e. The third kappa shape index (κ3) is 4.50. The number of hydrogen-bond donors (Lipinski definition) is 1. The van der Waals surface area contributed by atoms with Gasteiger partial charge in [0.05, 0.1) is 20.8 Å². The molecule has 0 saturated carbocycles. The summed E-state index contributed by atoms with van der Waals surface area (Å²) in [5.74, 6) is 1.55. The first-order valence-corrected chi connectivity index (χ1v) is 8.15. The Hall–Kier alpha value is -3.09. The summed E-state index contributed by atoms with van der Waals surface area (Å²) in [6.45, 7) is 8.24. The number of anilines is 1. The van der Waals surface area contributed by atoms with Crippen molar-refractivity contribution in [1.29, 1.82) is 0 Å². The highest BCUT2D eigenvalue weighted by Crippen LogP contribution is 2.31. The number of hydrogen-bond acceptors (Lipinski definition) is 7. The first kappa shape index (κ1) is 19.2. The van der Waals surface area contributed by atoms with Crippen LogP contribution in [0.3, 0.4) is 0 Å². The molecule has 1 aromatic carbocycles. The van der Waals surface area contributed by atoms with Gasteiger partial charge in [-0.3, -0.25) is 0 Å². The molecule has 0 saturated heterocycles. The summed E-state index contributed by atoms with van der Waals surface area (Å²) in [6.07, 6.45) is 1.46. The van der Waals surface area contributed by atoms with Gasteiger partial charge in [0.1, 0.15) is 11.4 Å². The Kier molecular flexibility index (Phi) is 6.54. The van der Waals surface area contributed by atoms with Gasteiger partial charge >= 0.3 is 5.97 Å². The highest BCUT2D eigenvalue weighted by Gasteiger charge is 2.17. The van der Waals surface area contributed by atoms with Gasteiger partial charge in [0.2, 0.25) is 0 Å². The number of benzene rings is 1. The van der Waals surface area contributed by atoms with E-state index in [-0.39, 0.29) is 12.2 Å². The summed E-state index contributed by atoms with van der Waals surface area (Å²) in [5, 5.41) is 3.11. The van der Waals surface area contributed by atoms with Crippen LogP contribution in [0.15, 0.2) is 36.5 Å². The van der Waals surface area contributed by atoms with Gasteiger partial charge in [0.15, 0.2) is 17.3 Å². The summed E-state index contributed by atoms with van der Waals surface area (Å²) >= 11 is 0. The van der Waals surface area contributed by atoms with Crippen molar-refractivity contribution >= 4 is 11.8 Å². The van der Waals surface area contributed by atoms with Crippen LogP contribution < -0.4 is 14.8 Å². The molecular formula is C19H23N3O4. The van der Waals surface area contributed by atoms with Crippen LogP contribution >= 0.6 is 0 Å². The van der Waals surface area contributed by atoms with Crippen molar-refractivity contribution in [3.63, 3.8) is 0 Å². The smallest absolute Gasteiger partial charge is 0.343 e. The number of carbonyl (C=O) groups excluding carboxylic acids is 1. The number of aromatic nitrogens is 2. The minimum atomic E-state index is -0.476. The van der Waals surface area contributed by atoms with Crippen molar-refractivity contribution in [2.75, 3.05) is 32.7 Å². The first-order chi connectivity index (χ1) is 12.5. The standard InChI is InChI=1S/C19H23N3O4/c1-6-26-19(23)14-11-21-17(22-18(14)20-10-12(2)3)13-7-8-15(24-4)16(9-13)25-5/h7-9,11H,2,6,10H2,1,3-5H3,(H,20,21,22). The fourth-order valence-corrected chi connectivity index (χ4v) is 2.22. The number of methoxy groups -OCH3 is 2. The third-order valence-corrected chi connectivity index (χ3v) is 3.48. The third-order valence-electron chi connectivity index (χ3n) is 3.48. The van der Waals surface area contributed by atoms with Crippen LogP contribution in [-0.4, -0.2) is 43.3 Å². The number of nitrogens with one attached hydrogen (secondary N) is 1. The van der Waals surface area contributed by atoms with Crippen LogP contribution in [0.1, 0.15) is 24.2 Å². The lowest BCUT2D eigenvalue weighted by Crippen LogP contribution is -2.14. The first-order valence-electron chi connectivity index (χ1n) is 8.15. The number of nitrogens with zero attached hydrogens (tertiary/aromatic N) is 2. The molecule has 1 heterocycles. The molecule has 0 spiro atoms. The van der Waals surface area contributed by atoms with Crippen LogP contribution in [0.4, 0.5) is 5.82 Å². The van der Waals surface area contributed by atoms with Gasteiger partial charge < -0.3 is 19.5 Å². The Balaban J connectivity index is 2.45. The minimum Gasteiger partial charge on any atom is -0.493 e. The SMILES string of the molecule is C=C(C)CNc1nc(-c2ccc(OC)c(OC)c2)ncc1C(=O)OCC. The quantitative estimate of drug-likeness (QED) is 0.573. The average molecular weight is 357 g/mol. The van der Waals surface area contributed by atoms with E-state index in [4.69, 9.17) is 14.2 Å². The van der Waals surface area contributed by atoms with Gasteiger partial charge in [-0.2, -0.15) is 0 Å². The minimum absolute atomic E-state index is 0.274. The molecule has 0 bridgehead atoms. The summed E-state index contributed by atoms with van der Waals surface area (Å²) in [5.41, 5.74) is 1.92. The van der Waals surface area contributed by atoms with Gasteiger partial charge in [-0.15, -0.1) is 0 Å². The highest BCUT2D eigenvalue weighted by atomic mass is 16.5. The Labute approximate surface area is 153 Å². The average Bonchev–Trinajstić information content (AvgIpc) is 2.65. The maximum atomic E-state index is 12.1. The maximum Gasteiger partial charge on any atom is 0.343 e. The predicted octanol–water partition coefficient (Wildman–Crippen LogP) is 3.33. The molecule has 1 aromatic heterocycles. The summed E-state index contributed by atoms with van der Waals surface area (Å²) in [6, 6.07) is 5.38. The summed E-state index contributed by atoms with van der Waals surface area (Å²) in [4.78, 5) is 20.9. The second-order valence-electron chi connectivity index (χ2n) is 5.56. The van der Waals surface area contributed by atoms with Crippen LogP contribution in [0.5, 0.6) is 11.5 Å². The van der Waals surface area contributed by atoms with E-state index in [1.165, 1.54) is 6.20 Å².